The van der Waals surface area contributed by atoms with Crippen LogP contribution in [-0.2, 0) is 4.79 Å². The minimum absolute atomic E-state index is 0. The molecule has 0 saturated heterocycles. The maximum atomic E-state index is 9.76. The van der Waals surface area contributed by atoms with Crippen molar-refractivity contribution in [2.24, 2.45) is 5.73 Å². The molecule has 0 amide bonds. The van der Waals surface area contributed by atoms with E-state index >= 15 is 0 Å². The largest absolute Gasteiger partial charge is 1.00 e. The molecule has 0 fully saturated rings. The predicted octanol–water partition coefficient (Wildman–Crippen LogP) is -6.44. The van der Waals surface area contributed by atoms with E-state index in [-0.39, 0.29) is 67.7 Å². The average Bonchev–Trinajstić information content (AvgIpc) is 1.65. The van der Waals surface area contributed by atoms with Crippen LogP contribution in [0.2, 0.25) is 0 Å². The fraction of sp³-hybridized carbons (Fsp3) is 0.667. The number of thiol groups is 1. The maximum Gasteiger partial charge on any atom is 1.00 e. The minimum atomic E-state index is -1.00. The van der Waals surface area contributed by atoms with Crippen LogP contribution < -0.4 is 64.8 Å². The minimum Gasteiger partial charge on any atom is -1.00 e. The van der Waals surface area contributed by atoms with Crippen molar-refractivity contribution >= 4 is 18.6 Å². The molecule has 9 heavy (non-hydrogen) atoms. The van der Waals surface area contributed by atoms with E-state index in [1.54, 1.807) is 0 Å². The number of aliphatic carboxylic acids is 1. The molecule has 0 saturated carbocycles. The molecule has 0 aliphatic heterocycles. The van der Waals surface area contributed by atoms with Crippen LogP contribution in [-0.4, -0.2) is 22.9 Å². The molecule has 3 N–H and O–H groups in total. The number of carboxylic acids is 1. The van der Waals surface area contributed by atoms with Crippen molar-refractivity contribution < 1.29 is 71.9 Å². The maximum absolute atomic E-state index is 9.76. The van der Waals surface area contributed by atoms with Crippen LogP contribution in [0.5, 0.6) is 0 Å². The summed E-state index contributed by atoms with van der Waals surface area (Å²) in [5, 5.41) is 8.01. The van der Waals surface area contributed by atoms with Crippen LogP contribution in [0.1, 0.15) is 2.85 Å². The summed E-state index contributed by atoms with van der Waals surface area (Å²) >= 11 is 3.65. The van der Waals surface area contributed by atoms with Crippen LogP contribution in [0.4, 0.5) is 0 Å². The van der Waals surface area contributed by atoms with Crippen molar-refractivity contribution in [2.45, 2.75) is 6.04 Å². The first-order valence-corrected chi connectivity index (χ1v) is 2.41. The fourth-order valence-electron chi connectivity index (χ4n) is 0.0781. The number of nitrogens with two attached hydrogens (primary N) is 1. The average molecular weight is 169 g/mol. The smallest absolute Gasteiger partial charge is 1.00 e. The Morgan fingerprint density at radius 3 is 2.11 bits per heavy atom. The monoisotopic (exact) mass is 169 g/mol. The predicted molar refractivity (Wildman–Crippen MR) is 31.7 cm³/mol. The van der Waals surface area contributed by atoms with Gasteiger partial charge in [0.2, 0.25) is 0 Å². The van der Waals surface area contributed by atoms with Crippen LogP contribution in [0, 0.1) is 0 Å². The molecule has 0 heterocycles. The Bertz CT molecular complexity index is 89.7. The first-order valence-electron chi connectivity index (χ1n) is 1.77. The summed E-state index contributed by atoms with van der Waals surface area (Å²) < 4.78 is 0. The van der Waals surface area contributed by atoms with Gasteiger partial charge in [0.1, 0.15) is 6.04 Å². The van der Waals surface area contributed by atoms with Gasteiger partial charge in [0.25, 0.3) is 0 Å². The molecule has 0 spiro atoms. The van der Waals surface area contributed by atoms with E-state index in [4.69, 9.17) is 10.8 Å². The Morgan fingerprint density at radius 2 is 2.11 bits per heavy atom. The van der Waals surface area contributed by atoms with Crippen molar-refractivity contribution in [3.8, 4) is 0 Å². The van der Waals surface area contributed by atoms with Crippen LogP contribution in [0.25, 0.3) is 0 Å². The van der Waals surface area contributed by atoms with E-state index in [2.05, 4.69) is 12.6 Å². The second-order valence-corrected chi connectivity index (χ2v) is 1.49. The van der Waals surface area contributed by atoms with Gasteiger partial charge in [0, 0.05) is 5.75 Å². The molecule has 1 atom stereocenters. The second kappa shape index (κ2) is 9.78. The zero-order valence-electron chi connectivity index (χ0n) is 7.66. The van der Waals surface area contributed by atoms with Gasteiger partial charge >= 0.3 is 65.1 Å². The number of rotatable bonds is 2. The van der Waals surface area contributed by atoms with Gasteiger partial charge < -0.3 is 13.7 Å². The molecule has 0 aromatic rings. The molecular weight excluding hydrogens is 160 g/mol. The first-order chi connectivity index (χ1) is 3.18. The van der Waals surface area contributed by atoms with Crippen LogP contribution in [0.15, 0.2) is 0 Å². The molecule has 0 aromatic carbocycles. The van der Waals surface area contributed by atoms with Gasteiger partial charge in [0.05, 0.1) is 0 Å². The zero-order valence-corrected chi connectivity index (χ0v) is 10.6. The summed E-state index contributed by atoms with van der Waals surface area (Å²) in [5.41, 5.74) is 4.94. The van der Waals surface area contributed by atoms with Gasteiger partial charge in [-0.3, -0.25) is 4.79 Å². The molecule has 0 bridgehead atoms. The Balaban J connectivity index is -0.0000000300. The van der Waals surface area contributed by atoms with E-state index in [0.717, 1.165) is 0 Å². The normalized spacial score (nSPS) is 10.4. The van der Waals surface area contributed by atoms with Gasteiger partial charge in [-0.15, -0.1) is 0 Å². The summed E-state index contributed by atoms with van der Waals surface area (Å²) in [5.74, 6) is -0.815. The summed E-state index contributed by atoms with van der Waals surface area (Å²) in [7, 11) is 0. The van der Waals surface area contributed by atoms with Crippen LogP contribution >= 0.6 is 12.6 Å². The molecular formula is C3H9NNa2O2S. The Hall–Kier alpha value is 1.78. The molecule has 0 unspecified atom stereocenters. The summed E-state index contributed by atoms with van der Waals surface area (Å²) in [6.07, 6.45) is 0. The number of hydrogen-bond donors (Lipinski definition) is 3. The fourth-order valence-corrected chi connectivity index (χ4v) is 0.234. The van der Waals surface area contributed by atoms with Crippen molar-refractivity contribution in [1.82, 2.24) is 0 Å². The quantitative estimate of drug-likeness (QED) is 0.284. The third kappa shape index (κ3) is 9.78. The first kappa shape index (κ1) is 17.0. The topological polar surface area (TPSA) is 63.3 Å². The van der Waals surface area contributed by atoms with Crippen LogP contribution in [0.3, 0.4) is 0 Å². The number of carbonyl (C=O) groups is 1. The summed E-state index contributed by atoms with van der Waals surface area (Å²) in [6.45, 7) is 0. The van der Waals surface area contributed by atoms with Gasteiger partial charge in [-0.25, -0.2) is 0 Å². The third-order valence-electron chi connectivity index (χ3n) is 0.514. The van der Waals surface area contributed by atoms with E-state index < -0.39 is 12.0 Å². The summed E-state index contributed by atoms with van der Waals surface area (Å²) in [6, 6.07) is -0.816. The summed E-state index contributed by atoms with van der Waals surface area (Å²) in [4.78, 5) is 9.76. The molecule has 0 aliphatic carbocycles. The molecule has 0 aliphatic rings. The molecule has 6 heteroatoms. The number of carboxylic acid groups (broad SMARTS) is 1. The molecule has 0 radical (unpaired) electrons. The van der Waals surface area contributed by atoms with Crippen molar-refractivity contribution in [2.75, 3.05) is 5.75 Å². The standard InChI is InChI=1S/C3H7NO2S.2Na.2H/c4-2(1-7)3(5)6;;;;/h2,7H,1,4H2,(H,5,6);;;;/q;2*+1;2*-1/t2-;;;;/m1..../s1. The van der Waals surface area contributed by atoms with Crippen molar-refractivity contribution in [1.29, 1.82) is 0 Å². The van der Waals surface area contributed by atoms with Crippen molar-refractivity contribution in [3.05, 3.63) is 0 Å². The molecule has 3 nitrogen and oxygen atoms in total. The van der Waals surface area contributed by atoms with E-state index in [1.165, 1.54) is 0 Å². The van der Waals surface area contributed by atoms with E-state index in [0.29, 0.717) is 0 Å². The van der Waals surface area contributed by atoms with Gasteiger partial charge in [0.15, 0.2) is 0 Å². The third-order valence-corrected chi connectivity index (χ3v) is 0.907. The van der Waals surface area contributed by atoms with Gasteiger partial charge in [-0.1, -0.05) is 0 Å². The molecule has 0 aromatic heterocycles. The van der Waals surface area contributed by atoms with Crippen molar-refractivity contribution in [3.63, 3.8) is 0 Å². The van der Waals surface area contributed by atoms with Gasteiger partial charge in [-0.2, -0.15) is 12.6 Å². The number of hydrogen-bond acceptors (Lipinski definition) is 3. The van der Waals surface area contributed by atoms with E-state index in [9.17, 15) is 4.79 Å². The Morgan fingerprint density at radius 1 is 1.78 bits per heavy atom. The zero-order chi connectivity index (χ0) is 5.86. The Kier molecular flexibility index (Phi) is 18.5. The van der Waals surface area contributed by atoms with Gasteiger partial charge in [-0.05, 0) is 0 Å². The van der Waals surface area contributed by atoms with E-state index in [1.807, 2.05) is 0 Å². The molecule has 0 rings (SSSR count). The molecule has 46 valence electrons. The SMILES string of the molecule is N[C@H](CS)C(=O)O.[H-].[H-].[Na+].[Na+]. The Labute approximate surface area is 107 Å². The second-order valence-electron chi connectivity index (χ2n) is 1.13.